The maximum atomic E-state index is 11.2. The minimum atomic E-state index is -0.293. The average molecular weight is 173 g/mol. The second-order valence-electron chi connectivity index (χ2n) is 2.65. The lowest BCUT2D eigenvalue weighted by Gasteiger charge is -2.28. The van der Waals surface area contributed by atoms with Crippen LogP contribution in [0.5, 0.6) is 0 Å². The van der Waals surface area contributed by atoms with E-state index in [1.807, 2.05) is 13.8 Å². The molecule has 1 aliphatic heterocycles. The van der Waals surface area contributed by atoms with Crippen LogP contribution >= 0.6 is 0 Å². The molecule has 0 aromatic heterocycles. The van der Waals surface area contributed by atoms with Crippen molar-refractivity contribution in [1.82, 2.24) is 4.90 Å². The van der Waals surface area contributed by atoms with E-state index >= 15 is 0 Å². The quantitative estimate of drug-likeness (QED) is 0.644. The van der Waals surface area contributed by atoms with Crippen LogP contribution in [0.1, 0.15) is 20.3 Å². The molecule has 1 heterocycles. The van der Waals surface area contributed by atoms with Gasteiger partial charge in [0.15, 0.2) is 0 Å². The summed E-state index contributed by atoms with van der Waals surface area (Å²) in [5, 5.41) is 0. The Balaban J connectivity index is 2.24. The molecule has 0 radical (unpaired) electrons. The third-order valence-corrected chi connectivity index (χ3v) is 1.91. The molecule has 12 heavy (non-hydrogen) atoms. The van der Waals surface area contributed by atoms with E-state index in [1.165, 1.54) is 0 Å². The highest BCUT2D eigenvalue weighted by Gasteiger charge is 2.24. The smallest absolute Gasteiger partial charge is 0.412 e. The van der Waals surface area contributed by atoms with Crippen molar-refractivity contribution in [3.05, 3.63) is 0 Å². The predicted molar refractivity (Wildman–Crippen MR) is 43.8 cm³/mol. The van der Waals surface area contributed by atoms with E-state index in [0.717, 1.165) is 6.42 Å². The lowest BCUT2D eigenvalue weighted by Crippen LogP contribution is -2.38. The Hall–Kier alpha value is -0.770. The summed E-state index contributed by atoms with van der Waals surface area (Å²) >= 11 is 0. The van der Waals surface area contributed by atoms with Crippen LogP contribution in [0.2, 0.25) is 0 Å². The number of carbonyl (C=O) groups is 1. The molecule has 0 bridgehead atoms. The predicted octanol–water partition coefficient (Wildman–Crippen LogP) is 1.21. The second-order valence-corrected chi connectivity index (χ2v) is 2.65. The molecule has 0 spiro atoms. The fourth-order valence-corrected chi connectivity index (χ4v) is 0.976. The van der Waals surface area contributed by atoms with Gasteiger partial charge in [0.1, 0.15) is 0 Å². The molecule has 1 saturated heterocycles. The number of hydrogen-bond donors (Lipinski definition) is 0. The Kier molecular flexibility index (Phi) is 3.34. The minimum Gasteiger partial charge on any atom is -0.419 e. The Labute approximate surface area is 72.4 Å². The lowest BCUT2D eigenvalue weighted by atomic mass is 10.3. The largest absolute Gasteiger partial charge is 0.419 e. The number of carbonyl (C=O) groups excluding carboxylic acids is 1. The van der Waals surface area contributed by atoms with Crippen molar-refractivity contribution in [1.29, 1.82) is 0 Å². The van der Waals surface area contributed by atoms with Crippen LogP contribution in [0.25, 0.3) is 0 Å². The van der Waals surface area contributed by atoms with Gasteiger partial charge in [-0.05, 0) is 13.8 Å². The first-order chi connectivity index (χ1) is 5.77. The van der Waals surface area contributed by atoms with E-state index in [2.05, 4.69) is 0 Å². The number of nitrogens with zero attached hydrogens (tertiary/aromatic N) is 1. The highest BCUT2D eigenvalue weighted by Crippen LogP contribution is 2.13. The maximum Gasteiger partial charge on any atom is 0.412 e. The normalized spacial score (nSPS) is 21.3. The molecular formula is C8H15NO3. The van der Waals surface area contributed by atoms with Crippen LogP contribution in [0.4, 0.5) is 4.79 Å². The molecule has 0 aliphatic carbocycles. The van der Waals surface area contributed by atoms with Crippen LogP contribution in [0.15, 0.2) is 0 Å². The van der Waals surface area contributed by atoms with Gasteiger partial charge in [0, 0.05) is 19.5 Å². The van der Waals surface area contributed by atoms with Crippen molar-refractivity contribution < 1.29 is 14.3 Å². The molecule has 70 valence electrons. The van der Waals surface area contributed by atoms with E-state index in [4.69, 9.17) is 9.47 Å². The van der Waals surface area contributed by atoms with E-state index in [0.29, 0.717) is 19.7 Å². The lowest BCUT2D eigenvalue weighted by molar-refractivity contribution is -0.186. The molecule has 1 unspecified atom stereocenters. The SMILES string of the molecule is CCN(CC)C(=O)OC1CCO1. The molecule has 0 saturated carbocycles. The first-order valence-corrected chi connectivity index (χ1v) is 4.35. The summed E-state index contributed by atoms with van der Waals surface area (Å²) in [5.41, 5.74) is 0. The summed E-state index contributed by atoms with van der Waals surface area (Å²) in [7, 11) is 0. The highest BCUT2D eigenvalue weighted by atomic mass is 16.7. The van der Waals surface area contributed by atoms with Crippen LogP contribution < -0.4 is 0 Å². The maximum absolute atomic E-state index is 11.2. The summed E-state index contributed by atoms with van der Waals surface area (Å²) in [4.78, 5) is 12.9. The van der Waals surface area contributed by atoms with Gasteiger partial charge in [0.25, 0.3) is 0 Å². The molecule has 0 aromatic carbocycles. The topological polar surface area (TPSA) is 38.8 Å². The summed E-state index contributed by atoms with van der Waals surface area (Å²) in [6.07, 6.45) is 0.260. The van der Waals surface area contributed by atoms with Gasteiger partial charge in [-0.3, -0.25) is 0 Å². The zero-order valence-corrected chi connectivity index (χ0v) is 7.58. The van der Waals surface area contributed by atoms with E-state index in [-0.39, 0.29) is 12.4 Å². The fourth-order valence-electron chi connectivity index (χ4n) is 0.976. The van der Waals surface area contributed by atoms with Gasteiger partial charge in [-0.1, -0.05) is 0 Å². The van der Waals surface area contributed by atoms with Crippen LogP contribution in [0.3, 0.4) is 0 Å². The Morgan fingerprint density at radius 2 is 2.17 bits per heavy atom. The first-order valence-electron chi connectivity index (χ1n) is 4.35. The molecule has 4 heteroatoms. The molecule has 0 N–H and O–H groups in total. The standard InChI is InChI=1S/C8H15NO3/c1-3-9(4-2)8(10)12-7-5-6-11-7/h7H,3-6H2,1-2H3. The average Bonchev–Trinajstić information content (AvgIpc) is 1.99. The van der Waals surface area contributed by atoms with Crippen molar-refractivity contribution in [3.8, 4) is 0 Å². The molecule has 0 aromatic rings. The Morgan fingerprint density at radius 3 is 2.50 bits per heavy atom. The van der Waals surface area contributed by atoms with E-state index < -0.39 is 0 Å². The number of ether oxygens (including phenoxy) is 2. The third kappa shape index (κ3) is 2.11. The zero-order valence-electron chi connectivity index (χ0n) is 7.58. The summed E-state index contributed by atoms with van der Waals surface area (Å²) in [5.74, 6) is 0. The summed E-state index contributed by atoms with van der Waals surface area (Å²) in [6.45, 7) is 5.92. The number of amides is 1. The van der Waals surface area contributed by atoms with Gasteiger partial charge >= 0.3 is 6.09 Å². The van der Waals surface area contributed by atoms with Crippen molar-refractivity contribution in [2.24, 2.45) is 0 Å². The third-order valence-electron chi connectivity index (χ3n) is 1.91. The molecule has 1 aliphatic rings. The van der Waals surface area contributed by atoms with Gasteiger partial charge in [0.05, 0.1) is 6.61 Å². The summed E-state index contributed by atoms with van der Waals surface area (Å²) in [6, 6.07) is 0. The van der Waals surface area contributed by atoms with Crippen molar-refractivity contribution in [3.63, 3.8) is 0 Å². The first kappa shape index (κ1) is 9.32. The van der Waals surface area contributed by atoms with Crippen molar-refractivity contribution in [2.45, 2.75) is 26.6 Å². The number of hydrogen-bond acceptors (Lipinski definition) is 3. The van der Waals surface area contributed by atoms with Gasteiger partial charge in [-0.2, -0.15) is 0 Å². The molecule has 1 fully saturated rings. The van der Waals surface area contributed by atoms with Crippen LogP contribution in [0, 0.1) is 0 Å². The van der Waals surface area contributed by atoms with E-state index in [9.17, 15) is 4.79 Å². The molecule has 4 nitrogen and oxygen atoms in total. The molecule has 1 amide bonds. The molecule has 1 atom stereocenters. The van der Waals surface area contributed by atoms with Gasteiger partial charge < -0.3 is 14.4 Å². The fraction of sp³-hybridized carbons (Fsp3) is 0.875. The minimum absolute atomic E-state index is 0.273. The van der Waals surface area contributed by atoms with Crippen LogP contribution in [-0.4, -0.2) is 37.0 Å². The number of rotatable bonds is 3. The van der Waals surface area contributed by atoms with Crippen molar-refractivity contribution >= 4 is 6.09 Å². The van der Waals surface area contributed by atoms with Crippen LogP contribution in [-0.2, 0) is 9.47 Å². The van der Waals surface area contributed by atoms with E-state index in [1.54, 1.807) is 4.90 Å². The highest BCUT2D eigenvalue weighted by molar-refractivity contribution is 5.67. The molecule has 1 rings (SSSR count). The van der Waals surface area contributed by atoms with Crippen molar-refractivity contribution in [2.75, 3.05) is 19.7 Å². The monoisotopic (exact) mass is 173 g/mol. The summed E-state index contributed by atoms with van der Waals surface area (Å²) < 4.78 is 9.97. The Bertz CT molecular complexity index is 152. The van der Waals surface area contributed by atoms with Gasteiger partial charge in [-0.25, -0.2) is 4.79 Å². The zero-order chi connectivity index (χ0) is 8.97. The van der Waals surface area contributed by atoms with Gasteiger partial charge in [0.2, 0.25) is 6.29 Å². The Morgan fingerprint density at radius 1 is 1.58 bits per heavy atom. The van der Waals surface area contributed by atoms with Gasteiger partial charge in [-0.15, -0.1) is 0 Å². The second kappa shape index (κ2) is 4.30. The molecular weight excluding hydrogens is 158 g/mol.